The molecule has 0 bridgehead atoms. The van der Waals surface area contributed by atoms with E-state index in [1.165, 1.54) is 12.8 Å². The Morgan fingerprint density at radius 2 is 2.04 bits per heavy atom. The third kappa shape index (κ3) is 3.98. The normalized spacial score (nSPS) is 13.2. The number of aryl methyl sites for hydroxylation is 1. The largest absolute Gasteiger partial charge is 0.494 e. The van der Waals surface area contributed by atoms with Crippen LogP contribution in [0.15, 0.2) is 30.9 Å². The molecule has 9 heteroatoms. The minimum absolute atomic E-state index is 0.445. The topological polar surface area (TPSA) is 99.0 Å². The number of nitrogens with one attached hydrogen (secondary N) is 2. The summed E-state index contributed by atoms with van der Waals surface area (Å²) in [6, 6.07) is 1.86. The maximum absolute atomic E-state index is 5.80. The number of pyridine rings is 1. The molecule has 146 valence electrons. The monoisotopic (exact) mass is 381 g/mol. The van der Waals surface area contributed by atoms with Crippen LogP contribution in [0, 0.1) is 5.92 Å². The summed E-state index contributed by atoms with van der Waals surface area (Å²) in [7, 11) is 5.28. The molecule has 0 spiro atoms. The minimum atomic E-state index is 0.445. The fraction of sp³-hybridized carbons (Fsp3) is 0.368. The first-order chi connectivity index (χ1) is 13.7. The zero-order valence-corrected chi connectivity index (χ0v) is 16.1. The van der Waals surface area contributed by atoms with E-state index in [4.69, 9.17) is 9.47 Å². The molecule has 0 unspecified atom stereocenters. The maximum atomic E-state index is 5.80. The van der Waals surface area contributed by atoms with Gasteiger partial charge in [-0.3, -0.25) is 9.67 Å². The molecule has 2 N–H and O–H groups in total. The highest BCUT2D eigenvalue weighted by Gasteiger charge is 2.22. The van der Waals surface area contributed by atoms with Gasteiger partial charge in [0, 0.05) is 31.9 Å². The van der Waals surface area contributed by atoms with E-state index in [1.807, 2.05) is 26.4 Å². The SMILES string of the molecule is CNc1nc(Nc2cnc(-c3cnn(C)c3)c(OC)c2)ncc1OCC1CC1. The highest BCUT2D eigenvalue weighted by molar-refractivity contribution is 5.69. The number of hydrogen-bond donors (Lipinski definition) is 2. The first-order valence-electron chi connectivity index (χ1n) is 9.14. The fourth-order valence-corrected chi connectivity index (χ4v) is 2.77. The summed E-state index contributed by atoms with van der Waals surface area (Å²) in [6.07, 6.45) is 9.50. The van der Waals surface area contributed by atoms with Gasteiger partial charge in [-0.25, -0.2) is 4.98 Å². The van der Waals surface area contributed by atoms with Gasteiger partial charge in [-0.05, 0) is 18.8 Å². The van der Waals surface area contributed by atoms with Crippen LogP contribution in [-0.2, 0) is 7.05 Å². The minimum Gasteiger partial charge on any atom is -0.494 e. The van der Waals surface area contributed by atoms with Gasteiger partial charge < -0.3 is 20.1 Å². The molecular weight excluding hydrogens is 358 g/mol. The quantitative estimate of drug-likeness (QED) is 0.615. The summed E-state index contributed by atoms with van der Waals surface area (Å²) in [6.45, 7) is 0.710. The number of aromatic nitrogens is 5. The summed E-state index contributed by atoms with van der Waals surface area (Å²) in [4.78, 5) is 13.3. The number of anilines is 3. The molecule has 0 atom stereocenters. The van der Waals surface area contributed by atoms with Gasteiger partial charge in [-0.1, -0.05) is 0 Å². The van der Waals surface area contributed by atoms with E-state index in [9.17, 15) is 0 Å². The molecule has 0 amide bonds. The van der Waals surface area contributed by atoms with Gasteiger partial charge in [0.15, 0.2) is 11.6 Å². The van der Waals surface area contributed by atoms with Crippen LogP contribution >= 0.6 is 0 Å². The van der Waals surface area contributed by atoms with Crippen molar-refractivity contribution >= 4 is 17.5 Å². The van der Waals surface area contributed by atoms with Crippen molar-refractivity contribution in [2.75, 3.05) is 31.4 Å². The molecule has 0 radical (unpaired) electrons. The molecule has 9 nitrogen and oxygen atoms in total. The number of hydrogen-bond acceptors (Lipinski definition) is 8. The van der Waals surface area contributed by atoms with Crippen LogP contribution in [0.3, 0.4) is 0 Å². The number of methoxy groups -OCH3 is 1. The van der Waals surface area contributed by atoms with E-state index >= 15 is 0 Å². The summed E-state index contributed by atoms with van der Waals surface area (Å²) < 4.78 is 13.0. The summed E-state index contributed by atoms with van der Waals surface area (Å²) in [5, 5.41) is 10.4. The lowest BCUT2D eigenvalue weighted by molar-refractivity contribution is 0.299. The second-order valence-electron chi connectivity index (χ2n) is 6.71. The van der Waals surface area contributed by atoms with E-state index in [2.05, 4.69) is 30.7 Å². The molecule has 3 aromatic rings. The molecule has 1 aliphatic carbocycles. The average Bonchev–Trinajstić information content (AvgIpc) is 3.45. The molecule has 3 aromatic heterocycles. The Morgan fingerprint density at radius 1 is 1.18 bits per heavy atom. The third-order valence-electron chi connectivity index (χ3n) is 4.47. The molecule has 1 fully saturated rings. The van der Waals surface area contributed by atoms with Crippen molar-refractivity contribution in [1.29, 1.82) is 0 Å². The lowest BCUT2D eigenvalue weighted by atomic mass is 10.2. The zero-order valence-electron chi connectivity index (χ0n) is 16.1. The van der Waals surface area contributed by atoms with Crippen molar-refractivity contribution in [3.8, 4) is 22.8 Å². The van der Waals surface area contributed by atoms with Crippen LogP contribution in [0.5, 0.6) is 11.5 Å². The molecule has 0 saturated heterocycles. The van der Waals surface area contributed by atoms with Crippen molar-refractivity contribution < 1.29 is 9.47 Å². The smallest absolute Gasteiger partial charge is 0.229 e. The molecule has 1 aliphatic rings. The van der Waals surface area contributed by atoms with Crippen LogP contribution in [0.1, 0.15) is 12.8 Å². The molecular formula is C19H23N7O2. The second-order valence-corrected chi connectivity index (χ2v) is 6.71. The van der Waals surface area contributed by atoms with Crippen LogP contribution < -0.4 is 20.1 Å². The Bertz CT molecular complexity index is 969. The first kappa shape index (κ1) is 18.0. The van der Waals surface area contributed by atoms with Crippen molar-refractivity contribution in [2.24, 2.45) is 13.0 Å². The van der Waals surface area contributed by atoms with Gasteiger partial charge in [0.25, 0.3) is 0 Å². The van der Waals surface area contributed by atoms with E-state index in [0.29, 0.717) is 35.8 Å². The molecule has 28 heavy (non-hydrogen) atoms. The van der Waals surface area contributed by atoms with Crippen molar-refractivity contribution in [2.45, 2.75) is 12.8 Å². The van der Waals surface area contributed by atoms with Gasteiger partial charge in [0.1, 0.15) is 11.4 Å². The Balaban J connectivity index is 1.53. The van der Waals surface area contributed by atoms with Gasteiger partial charge >= 0.3 is 0 Å². The molecule has 1 saturated carbocycles. The van der Waals surface area contributed by atoms with E-state index in [0.717, 1.165) is 16.9 Å². The van der Waals surface area contributed by atoms with Crippen LogP contribution in [0.4, 0.5) is 17.5 Å². The predicted molar refractivity (Wildman–Crippen MR) is 106 cm³/mol. The highest BCUT2D eigenvalue weighted by atomic mass is 16.5. The third-order valence-corrected chi connectivity index (χ3v) is 4.47. The van der Waals surface area contributed by atoms with Crippen LogP contribution in [-0.4, -0.2) is 45.5 Å². The standard InChI is InChI=1S/C19H23N7O2/c1-20-18-16(28-11-12-4-5-12)9-22-19(25-18)24-14-6-15(27-3)17(21-8-14)13-7-23-26(2)10-13/h6-10,12H,4-5,11H2,1-3H3,(H2,20,22,24,25). The second kappa shape index (κ2) is 7.71. The number of ether oxygens (including phenoxy) is 2. The van der Waals surface area contributed by atoms with Gasteiger partial charge in [-0.15, -0.1) is 0 Å². The van der Waals surface area contributed by atoms with Crippen LogP contribution in [0.2, 0.25) is 0 Å². The van der Waals surface area contributed by atoms with E-state index < -0.39 is 0 Å². The maximum Gasteiger partial charge on any atom is 0.229 e. The van der Waals surface area contributed by atoms with Crippen molar-refractivity contribution in [1.82, 2.24) is 24.7 Å². The molecule has 0 aromatic carbocycles. The average molecular weight is 381 g/mol. The predicted octanol–water partition coefficient (Wildman–Crippen LogP) is 2.85. The zero-order chi connectivity index (χ0) is 19.5. The molecule has 3 heterocycles. The van der Waals surface area contributed by atoms with Crippen molar-refractivity contribution in [3.63, 3.8) is 0 Å². The first-order valence-corrected chi connectivity index (χ1v) is 9.14. The van der Waals surface area contributed by atoms with E-state index in [-0.39, 0.29) is 0 Å². The molecule has 0 aliphatic heterocycles. The Labute approximate surface area is 163 Å². The van der Waals surface area contributed by atoms with Crippen molar-refractivity contribution in [3.05, 3.63) is 30.9 Å². The summed E-state index contributed by atoms with van der Waals surface area (Å²) in [5.41, 5.74) is 2.33. The lowest BCUT2D eigenvalue weighted by Crippen LogP contribution is -2.06. The Hall–Kier alpha value is -3.36. The summed E-state index contributed by atoms with van der Waals surface area (Å²) in [5.74, 6) is 3.05. The highest BCUT2D eigenvalue weighted by Crippen LogP contribution is 2.32. The van der Waals surface area contributed by atoms with Crippen LogP contribution in [0.25, 0.3) is 11.3 Å². The molecule has 4 rings (SSSR count). The lowest BCUT2D eigenvalue weighted by Gasteiger charge is -2.13. The number of rotatable bonds is 8. The van der Waals surface area contributed by atoms with E-state index in [1.54, 1.807) is 30.4 Å². The Morgan fingerprint density at radius 3 is 2.71 bits per heavy atom. The summed E-state index contributed by atoms with van der Waals surface area (Å²) >= 11 is 0. The Kier molecular flexibility index (Phi) is 4.96. The van der Waals surface area contributed by atoms with Gasteiger partial charge in [-0.2, -0.15) is 10.1 Å². The van der Waals surface area contributed by atoms with Gasteiger partial charge in [0.05, 0.1) is 38.0 Å². The fourth-order valence-electron chi connectivity index (χ4n) is 2.77. The van der Waals surface area contributed by atoms with Gasteiger partial charge in [0.2, 0.25) is 5.95 Å². The number of nitrogens with zero attached hydrogens (tertiary/aromatic N) is 5.